The average molecular weight is 168 g/mol. The van der Waals surface area contributed by atoms with Gasteiger partial charge in [-0.2, -0.15) is 0 Å². The summed E-state index contributed by atoms with van der Waals surface area (Å²) >= 11 is 0. The van der Waals surface area contributed by atoms with Crippen molar-refractivity contribution in [3.8, 4) is 0 Å². The maximum atomic E-state index is 11.5. The second-order valence-corrected chi connectivity index (χ2v) is 3.93. The lowest BCUT2D eigenvalue weighted by molar-refractivity contribution is -0.140. The van der Waals surface area contributed by atoms with Gasteiger partial charge in [0.2, 0.25) is 5.91 Å². The summed E-state index contributed by atoms with van der Waals surface area (Å²) in [5, 5.41) is 0. The van der Waals surface area contributed by atoms with Gasteiger partial charge in [-0.15, -0.1) is 0 Å². The highest BCUT2D eigenvalue weighted by molar-refractivity contribution is 5.79. The van der Waals surface area contributed by atoms with E-state index < -0.39 is 0 Å². The average Bonchev–Trinajstić information content (AvgIpc) is 2.04. The topological polar surface area (TPSA) is 23.6 Å². The van der Waals surface area contributed by atoms with Crippen molar-refractivity contribution in [1.82, 2.24) is 9.80 Å². The minimum atomic E-state index is 0.327. The second kappa shape index (κ2) is 3.05. The highest BCUT2D eigenvalue weighted by Gasteiger charge is 2.31. The maximum Gasteiger partial charge on any atom is 0.237 e. The Balaban J connectivity index is 2.06. The van der Waals surface area contributed by atoms with Crippen molar-refractivity contribution >= 4 is 5.91 Å². The third-order valence-corrected chi connectivity index (χ3v) is 2.88. The van der Waals surface area contributed by atoms with E-state index in [0.717, 1.165) is 13.1 Å². The molecule has 1 amide bonds. The molecule has 0 spiro atoms. The molecule has 3 nitrogen and oxygen atoms in total. The van der Waals surface area contributed by atoms with Gasteiger partial charge >= 0.3 is 0 Å². The predicted octanol–water partition coefficient (Wildman–Crippen LogP) is 0.313. The number of hydrogen-bond donors (Lipinski definition) is 0. The van der Waals surface area contributed by atoms with Gasteiger partial charge in [-0.1, -0.05) is 0 Å². The lowest BCUT2D eigenvalue weighted by Gasteiger charge is -2.42. The highest BCUT2D eigenvalue weighted by atomic mass is 16.2. The summed E-state index contributed by atoms with van der Waals surface area (Å²) in [6.07, 6.45) is 3.70. The molecule has 0 bridgehead atoms. The SMILES string of the molecule is CN1CC(=O)N2CCCCC2C1. The summed E-state index contributed by atoms with van der Waals surface area (Å²) in [5.41, 5.74) is 0. The Hall–Kier alpha value is -0.570. The quantitative estimate of drug-likeness (QED) is 0.520. The summed E-state index contributed by atoms with van der Waals surface area (Å²) < 4.78 is 0. The zero-order chi connectivity index (χ0) is 8.55. The summed E-state index contributed by atoms with van der Waals surface area (Å²) in [6.45, 7) is 2.69. The number of hydrogen-bond acceptors (Lipinski definition) is 2. The van der Waals surface area contributed by atoms with Crippen LogP contribution in [-0.2, 0) is 4.79 Å². The zero-order valence-electron chi connectivity index (χ0n) is 7.62. The number of rotatable bonds is 0. The first-order chi connectivity index (χ1) is 5.77. The van der Waals surface area contributed by atoms with Crippen LogP contribution < -0.4 is 0 Å². The van der Waals surface area contributed by atoms with Crippen LogP contribution in [0.15, 0.2) is 0 Å². The minimum absolute atomic E-state index is 0.327. The van der Waals surface area contributed by atoms with Crippen LogP contribution in [0.4, 0.5) is 0 Å². The van der Waals surface area contributed by atoms with Crippen molar-refractivity contribution in [2.75, 3.05) is 26.7 Å². The summed E-state index contributed by atoms with van der Waals surface area (Å²) in [7, 11) is 2.03. The normalized spacial score (nSPS) is 31.9. The summed E-state index contributed by atoms with van der Waals surface area (Å²) in [5.74, 6) is 0.327. The molecule has 0 aliphatic carbocycles. The number of nitrogens with zero attached hydrogens (tertiary/aromatic N) is 2. The van der Waals surface area contributed by atoms with Crippen LogP contribution in [0, 0.1) is 0 Å². The van der Waals surface area contributed by atoms with Gasteiger partial charge in [-0.05, 0) is 26.3 Å². The molecular weight excluding hydrogens is 152 g/mol. The van der Waals surface area contributed by atoms with E-state index in [-0.39, 0.29) is 0 Å². The number of amides is 1. The second-order valence-electron chi connectivity index (χ2n) is 3.93. The van der Waals surface area contributed by atoms with Crippen LogP contribution in [0.25, 0.3) is 0 Å². The lowest BCUT2D eigenvalue weighted by Crippen LogP contribution is -2.56. The molecule has 0 radical (unpaired) electrons. The Kier molecular flexibility index (Phi) is 2.05. The molecule has 68 valence electrons. The first-order valence-corrected chi connectivity index (χ1v) is 4.75. The Morgan fingerprint density at radius 2 is 2.25 bits per heavy atom. The smallest absolute Gasteiger partial charge is 0.237 e. The van der Waals surface area contributed by atoms with E-state index in [0.29, 0.717) is 18.5 Å². The predicted molar refractivity (Wildman–Crippen MR) is 46.8 cm³/mol. The Labute approximate surface area is 73.3 Å². The van der Waals surface area contributed by atoms with Crippen molar-refractivity contribution in [2.45, 2.75) is 25.3 Å². The van der Waals surface area contributed by atoms with Crippen LogP contribution in [0.2, 0.25) is 0 Å². The summed E-state index contributed by atoms with van der Waals surface area (Å²) in [6, 6.07) is 0.519. The fourth-order valence-electron chi connectivity index (χ4n) is 2.26. The fraction of sp³-hybridized carbons (Fsp3) is 0.889. The van der Waals surface area contributed by atoms with Crippen LogP contribution in [0.3, 0.4) is 0 Å². The highest BCUT2D eigenvalue weighted by Crippen LogP contribution is 2.20. The number of carbonyl (C=O) groups is 1. The lowest BCUT2D eigenvalue weighted by atomic mass is 9.99. The van der Waals surface area contributed by atoms with E-state index in [1.54, 1.807) is 0 Å². The number of carbonyl (C=O) groups excluding carboxylic acids is 1. The van der Waals surface area contributed by atoms with E-state index in [4.69, 9.17) is 0 Å². The molecule has 1 atom stereocenters. The van der Waals surface area contributed by atoms with Crippen molar-refractivity contribution in [3.05, 3.63) is 0 Å². The Morgan fingerprint density at radius 3 is 3.08 bits per heavy atom. The van der Waals surface area contributed by atoms with E-state index in [1.807, 2.05) is 7.05 Å². The van der Waals surface area contributed by atoms with Gasteiger partial charge in [0.1, 0.15) is 0 Å². The van der Waals surface area contributed by atoms with Crippen molar-refractivity contribution in [3.63, 3.8) is 0 Å². The van der Waals surface area contributed by atoms with Gasteiger partial charge in [0.15, 0.2) is 0 Å². The minimum Gasteiger partial charge on any atom is -0.337 e. The fourth-order valence-corrected chi connectivity index (χ4v) is 2.26. The molecule has 2 rings (SSSR count). The Bertz CT molecular complexity index is 193. The van der Waals surface area contributed by atoms with Crippen LogP contribution >= 0.6 is 0 Å². The van der Waals surface area contributed by atoms with E-state index in [9.17, 15) is 4.79 Å². The van der Waals surface area contributed by atoms with Crippen LogP contribution in [0.1, 0.15) is 19.3 Å². The van der Waals surface area contributed by atoms with Crippen molar-refractivity contribution in [1.29, 1.82) is 0 Å². The molecule has 12 heavy (non-hydrogen) atoms. The molecule has 2 saturated heterocycles. The third kappa shape index (κ3) is 1.33. The van der Waals surface area contributed by atoms with Crippen molar-refractivity contribution in [2.24, 2.45) is 0 Å². The molecule has 3 heteroatoms. The number of likely N-dealkylation sites (N-methyl/N-ethyl adjacent to an activating group) is 1. The van der Waals surface area contributed by atoms with Crippen LogP contribution in [-0.4, -0.2) is 48.4 Å². The standard InChI is InChI=1S/C9H16N2O/c1-10-6-8-4-2-3-5-11(8)9(12)7-10/h8H,2-7H2,1H3. The van der Waals surface area contributed by atoms with Gasteiger partial charge in [0.25, 0.3) is 0 Å². The zero-order valence-corrected chi connectivity index (χ0v) is 7.62. The number of piperidine rings is 1. The molecule has 2 heterocycles. The van der Waals surface area contributed by atoms with Crippen molar-refractivity contribution < 1.29 is 4.79 Å². The van der Waals surface area contributed by atoms with Gasteiger partial charge in [0.05, 0.1) is 6.54 Å². The van der Waals surface area contributed by atoms with Crippen LogP contribution in [0.5, 0.6) is 0 Å². The molecule has 2 aliphatic heterocycles. The third-order valence-electron chi connectivity index (χ3n) is 2.88. The maximum absolute atomic E-state index is 11.5. The van der Waals surface area contributed by atoms with Gasteiger partial charge in [-0.3, -0.25) is 9.69 Å². The molecule has 2 fully saturated rings. The molecule has 1 unspecified atom stereocenters. The molecular formula is C9H16N2O. The van der Waals surface area contributed by atoms with E-state index in [2.05, 4.69) is 9.80 Å². The van der Waals surface area contributed by atoms with E-state index in [1.165, 1.54) is 19.3 Å². The van der Waals surface area contributed by atoms with Gasteiger partial charge in [0, 0.05) is 19.1 Å². The Morgan fingerprint density at radius 1 is 1.42 bits per heavy atom. The van der Waals surface area contributed by atoms with Gasteiger partial charge < -0.3 is 4.90 Å². The molecule has 0 aromatic carbocycles. The first kappa shape index (κ1) is 8.05. The molecule has 0 saturated carbocycles. The first-order valence-electron chi connectivity index (χ1n) is 4.75. The van der Waals surface area contributed by atoms with E-state index >= 15 is 0 Å². The molecule has 0 aromatic rings. The number of piperazine rings is 1. The number of fused-ring (bicyclic) bond motifs is 1. The monoisotopic (exact) mass is 168 g/mol. The largest absolute Gasteiger partial charge is 0.337 e. The summed E-state index contributed by atoms with van der Waals surface area (Å²) in [4.78, 5) is 15.7. The molecule has 0 N–H and O–H groups in total. The molecule has 0 aromatic heterocycles. The molecule has 2 aliphatic rings. The van der Waals surface area contributed by atoms with Gasteiger partial charge in [-0.25, -0.2) is 0 Å².